The average Bonchev–Trinajstić information content (AvgIpc) is 3.28. The molecule has 0 spiro atoms. The van der Waals surface area contributed by atoms with Crippen LogP contribution in [0.25, 0.3) is 5.78 Å². The number of amides is 1. The van der Waals surface area contributed by atoms with E-state index in [1.165, 1.54) is 13.4 Å². The van der Waals surface area contributed by atoms with Gasteiger partial charge in [-0.05, 0) is 33.1 Å². The third-order valence-electron chi connectivity index (χ3n) is 5.77. The van der Waals surface area contributed by atoms with Crippen LogP contribution in [0, 0.1) is 6.92 Å². The zero-order chi connectivity index (χ0) is 23.8. The van der Waals surface area contributed by atoms with Gasteiger partial charge >= 0.3 is 11.9 Å². The van der Waals surface area contributed by atoms with Crippen LogP contribution in [-0.4, -0.2) is 82.2 Å². The summed E-state index contributed by atoms with van der Waals surface area (Å²) in [7, 11) is 1.37. The smallest absolute Gasteiger partial charge is 0.306 e. The van der Waals surface area contributed by atoms with Crippen LogP contribution in [0.4, 0.5) is 5.82 Å². The number of hydrogen-bond acceptors (Lipinski definition) is 9. The average molecular weight is 461 g/mol. The van der Waals surface area contributed by atoms with Crippen molar-refractivity contribution in [2.24, 2.45) is 0 Å². The van der Waals surface area contributed by atoms with Crippen LogP contribution in [-0.2, 0) is 30.3 Å². The van der Waals surface area contributed by atoms with Crippen LogP contribution in [0.2, 0.25) is 0 Å². The van der Waals surface area contributed by atoms with Crippen molar-refractivity contribution in [3.05, 3.63) is 17.6 Å². The number of rotatable bonds is 10. The Balaban J connectivity index is 1.65. The second-order valence-corrected chi connectivity index (χ2v) is 7.93. The second-order valence-electron chi connectivity index (χ2n) is 7.93. The standard InChI is InChI=1S/C22H32N6O5/c1-4-33-20(31)10-9-17-16(2)25-22-23-15-24-28(22)21(17)27-13-11-26(12-14-27)18(29)7-5-6-8-19(30)32-3/h15H,4-14H2,1-3H3. The van der Waals surface area contributed by atoms with E-state index >= 15 is 0 Å². The lowest BCUT2D eigenvalue weighted by Gasteiger charge is -2.37. The van der Waals surface area contributed by atoms with Gasteiger partial charge in [0.1, 0.15) is 12.1 Å². The van der Waals surface area contributed by atoms with Gasteiger partial charge in [-0.25, -0.2) is 4.98 Å². The van der Waals surface area contributed by atoms with Gasteiger partial charge in [0.05, 0.1) is 13.7 Å². The molecule has 180 valence electrons. The Bertz CT molecular complexity index is 983. The molecule has 1 fully saturated rings. The molecule has 0 aliphatic carbocycles. The van der Waals surface area contributed by atoms with E-state index in [1.807, 2.05) is 11.8 Å². The van der Waals surface area contributed by atoms with E-state index in [2.05, 4.69) is 24.7 Å². The second kappa shape index (κ2) is 11.6. The highest BCUT2D eigenvalue weighted by molar-refractivity contribution is 5.76. The Morgan fingerprint density at radius 2 is 1.76 bits per heavy atom. The molecule has 1 amide bonds. The Labute approximate surface area is 193 Å². The summed E-state index contributed by atoms with van der Waals surface area (Å²) in [6, 6.07) is 0. The summed E-state index contributed by atoms with van der Waals surface area (Å²) in [5, 5.41) is 4.35. The van der Waals surface area contributed by atoms with Crippen LogP contribution in [0.15, 0.2) is 6.33 Å². The zero-order valence-corrected chi connectivity index (χ0v) is 19.6. The van der Waals surface area contributed by atoms with E-state index in [0.29, 0.717) is 70.7 Å². The minimum Gasteiger partial charge on any atom is -0.469 e. The minimum atomic E-state index is -0.248. The number of hydrogen-bond donors (Lipinski definition) is 0. The molecule has 0 radical (unpaired) electrons. The van der Waals surface area contributed by atoms with Gasteiger partial charge in [0, 0.05) is 56.7 Å². The van der Waals surface area contributed by atoms with E-state index in [1.54, 1.807) is 11.4 Å². The van der Waals surface area contributed by atoms with Gasteiger partial charge in [-0.1, -0.05) is 0 Å². The fourth-order valence-electron chi connectivity index (χ4n) is 4.02. The fourth-order valence-corrected chi connectivity index (χ4v) is 4.02. The number of carbonyl (C=O) groups excluding carboxylic acids is 3. The summed E-state index contributed by atoms with van der Waals surface area (Å²) in [6.45, 7) is 6.50. The van der Waals surface area contributed by atoms with Crippen molar-refractivity contribution in [3.63, 3.8) is 0 Å². The molecule has 1 aliphatic heterocycles. The Morgan fingerprint density at radius 3 is 2.45 bits per heavy atom. The lowest BCUT2D eigenvalue weighted by atomic mass is 10.1. The number of esters is 2. The predicted octanol–water partition coefficient (Wildman–Crippen LogP) is 1.31. The molecule has 33 heavy (non-hydrogen) atoms. The number of piperazine rings is 1. The first kappa shape index (κ1) is 24.4. The van der Waals surface area contributed by atoms with Crippen molar-refractivity contribution < 1.29 is 23.9 Å². The largest absolute Gasteiger partial charge is 0.469 e. The molecule has 3 heterocycles. The molecule has 1 aliphatic rings. The molecular formula is C22H32N6O5. The van der Waals surface area contributed by atoms with Gasteiger partial charge in [0.2, 0.25) is 5.91 Å². The first-order chi connectivity index (χ1) is 15.9. The van der Waals surface area contributed by atoms with Crippen LogP contribution in [0.3, 0.4) is 0 Å². The van der Waals surface area contributed by atoms with Gasteiger partial charge in [-0.3, -0.25) is 14.4 Å². The van der Waals surface area contributed by atoms with Crippen molar-refractivity contribution >= 4 is 29.4 Å². The summed E-state index contributed by atoms with van der Waals surface area (Å²) in [5.41, 5.74) is 1.74. The van der Waals surface area contributed by atoms with Crippen LogP contribution in [0.1, 0.15) is 50.3 Å². The van der Waals surface area contributed by atoms with Gasteiger partial charge in [0.15, 0.2) is 0 Å². The van der Waals surface area contributed by atoms with Crippen LogP contribution >= 0.6 is 0 Å². The van der Waals surface area contributed by atoms with Crippen LogP contribution in [0.5, 0.6) is 0 Å². The predicted molar refractivity (Wildman–Crippen MR) is 120 cm³/mol. The van der Waals surface area contributed by atoms with Gasteiger partial charge in [-0.2, -0.15) is 14.6 Å². The zero-order valence-electron chi connectivity index (χ0n) is 19.6. The number of nitrogens with zero attached hydrogens (tertiary/aromatic N) is 6. The van der Waals surface area contributed by atoms with E-state index in [4.69, 9.17) is 4.74 Å². The van der Waals surface area contributed by atoms with Crippen molar-refractivity contribution in [3.8, 4) is 0 Å². The van der Waals surface area contributed by atoms with E-state index in [9.17, 15) is 14.4 Å². The fraction of sp³-hybridized carbons (Fsp3) is 0.636. The number of methoxy groups -OCH3 is 1. The summed E-state index contributed by atoms with van der Waals surface area (Å²) < 4.78 is 11.4. The summed E-state index contributed by atoms with van der Waals surface area (Å²) >= 11 is 0. The van der Waals surface area contributed by atoms with Crippen molar-refractivity contribution in [2.75, 3.05) is 44.8 Å². The van der Waals surface area contributed by atoms with E-state index in [-0.39, 0.29) is 24.3 Å². The molecule has 3 rings (SSSR count). The number of aromatic nitrogens is 4. The molecule has 2 aromatic heterocycles. The number of carbonyl (C=O) groups is 3. The third kappa shape index (κ3) is 6.17. The van der Waals surface area contributed by atoms with Crippen molar-refractivity contribution in [2.45, 2.75) is 52.4 Å². The molecule has 0 saturated carbocycles. The highest BCUT2D eigenvalue weighted by atomic mass is 16.5. The minimum absolute atomic E-state index is 0.0962. The number of aryl methyl sites for hydroxylation is 1. The van der Waals surface area contributed by atoms with Gasteiger partial charge < -0.3 is 19.3 Å². The van der Waals surface area contributed by atoms with Gasteiger partial charge in [0.25, 0.3) is 5.78 Å². The number of anilines is 1. The molecule has 11 nitrogen and oxygen atoms in total. The molecule has 1 saturated heterocycles. The topological polar surface area (TPSA) is 119 Å². The molecular weight excluding hydrogens is 428 g/mol. The third-order valence-corrected chi connectivity index (χ3v) is 5.77. The number of ether oxygens (including phenoxy) is 2. The maximum Gasteiger partial charge on any atom is 0.306 e. The first-order valence-electron chi connectivity index (χ1n) is 11.4. The SMILES string of the molecule is CCOC(=O)CCc1c(C)nc2ncnn2c1N1CCN(C(=O)CCCCC(=O)OC)CC1. The highest BCUT2D eigenvalue weighted by Gasteiger charge is 2.26. The molecule has 11 heteroatoms. The number of unbranched alkanes of at least 4 members (excludes halogenated alkanes) is 1. The maximum atomic E-state index is 12.6. The quantitative estimate of drug-likeness (QED) is 0.382. The summed E-state index contributed by atoms with van der Waals surface area (Å²) in [5.74, 6) is 0.973. The van der Waals surface area contributed by atoms with Crippen LogP contribution < -0.4 is 4.90 Å². The Hall–Kier alpha value is -3.24. The maximum absolute atomic E-state index is 12.6. The van der Waals surface area contributed by atoms with Crippen molar-refractivity contribution in [1.82, 2.24) is 24.5 Å². The number of fused-ring (bicyclic) bond motifs is 1. The lowest BCUT2D eigenvalue weighted by molar-refractivity contribution is -0.143. The Morgan fingerprint density at radius 1 is 1.03 bits per heavy atom. The molecule has 2 aromatic rings. The van der Waals surface area contributed by atoms with E-state index < -0.39 is 0 Å². The molecule has 0 bridgehead atoms. The molecule has 0 atom stereocenters. The molecule has 0 N–H and O–H groups in total. The molecule has 0 unspecified atom stereocenters. The highest BCUT2D eigenvalue weighted by Crippen LogP contribution is 2.26. The summed E-state index contributed by atoms with van der Waals surface area (Å²) in [6.07, 6.45) is 4.27. The molecule has 0 aromatic carbocycles. The first-order valence-corrected chi connectivity index (χ1v) is 11.4. The normalized spacial score (nSPS) is 13.9. The van der Waals surface area contributed by atoms with Gasteiger partial charge in [-0.15, -0.1) is 0 Å². The Kier molecular flexibility index (Phi) is 8.56. The van der Waals surface area contributed by atoms with E-state index in [0.717, 1.165) is 17.1 Å². The summed E-state index contributed by atoms with van der Waals surface area (Å²) in [4.78, 5) is 48.5. The van der Waals surface area contributed by atoms with Crippen molar-refractivity contribution in [1.29, 1.82) is 0 Å². The lowest BCUT2D eigenvalue weighted by Crippen LogP contribution is -2.49. The monoisotopic (exact) mass is 460 g/mol.